The molecule has 2 aromatic carbocycles. The maximum absolute atomic E-state index is 12.1. The van der Waals surface area contributed by atoms with Crippen molar-refractivity contribution in [2.24, 2.45) is 0 Å². The highest BCUT2D eigenvalue weighted by atomic mass is 79.9. The second kappa shape index (κ2) is 5.47. The quantitative estimate of drug-likeness (QED) is 0.495. The zero-order chi connectivity index (χ0) is 13.9. The van der Waals surface area contributed by atoms with Gasteiger partial charge in [0, 0.05) is 9.86 Å². The van der Waals surface area contributed by atoms with Gasteiger partial charge < -0.3 is 4.42 Å². The van der Waals surface area contributed by atoms with Crippen molar-refractivity contribution in [2.45, 2.75) is 0 Å². The van der Waals surface area contributed by atoms with Crippen LogP contribution in [0.25, 0.3) is 17.0 Å². The first-order valence-electron chi connectivity index (χ1n) is 6.19. The van der Waals surface area contributed by atoms with Crippen molar-refractivity contribution >= 4 is 38.8 Å². The number of hydrogen-bond acceptors (Lipinski definition) is 2. The maximum atomic E-state index is 12.1. The first kappa shape index (κ1) is 12.9. The summed E-state index contributed by atoms with van der Waals surface area (Å²) in [5.41, 5.74) is 1.70. The minimum absolute atomic E-state index is 0.135. The van der Waals surface area contributed by atoms with Crippen LogP contribution in [0.5, 0.6) is 0 Å². The highest BCUT2D eigenvalue weighted by Gasteiger charge is 2.08. The Morgan fingerprint density at radius 3 is 2.55 bits per heavy atom. The summed E-state index contributed by atoms with van der Waals surface area (Å²) in [6.07, 6.45) is 3.31. The van der Waals surface area contributed by atoms with Gasteiger partial charge in [-0.3, -0.25) is 4.79 Å². The molecule has 3 aromatic rings. The highest BCUT2D eigenvalue weighted by molar-refractivity contribution is 9.10. The molecule has 1 heterocycles. The van der Waals surface area contributed by atoms with Gasteiger partial charge in [-0.2, -0.15) is 0 Å². The van der Waals surface area contributed by atoms with Crippen molar-refractivity contribution in [1.82, 2.24) is 0 Å². The van der Waals surface area contributed by atoms with Crippen LogP contribution in [-0.4, -0.2) is 5.78 Å². The predicted molar refractivity (Wildman–Crippen MR) is 83.7 cm³/mol. The first-order chi connectivity index (χ1) is 9.72. The Labute approximate surface area is 124 Å². The van der Waals surface area contributed by atoms with Crippen LogP contribution in [0.2, 0.25) is 0 Å². The van der Waals surface area contributed by atoms with Gasteiger partial charge in [0.2, 0.25) is 5.78 Å². The number of carbonyl (C=O) groups excluding carboxylic acids is 1. The van der Waals surface area contributed by atoms with Crippen LogP contribution in [0.3, 0.4) is 0 Å². The molecule has 0 atom stereocenters. The van der Waals surface area contributed by atoms with Crippen LogP contribution in [-0.2, 0) is 0 Å². The van der Waals surface area contributed by atoms with E-state index in [-0.39, 0.29) is 5.78 Å². The van der Waals surface area contributed by atoms with Crippen LogP contribution in [0, 0.1) is 0 Å². The van der Waals surface area contributed by atoms with E-state index in [0.29, 0.717) is 5.76 Å². The molecule has 0 saturated carbocycles. The number of para-hydroxylation sites is 1. The molecule has 0 spiro atoms. The van der Waals surface area contributed by atoms with Gasteiger partial charge in [0.05, 0.1) is 0 Å². The molecule has 98 valence electrons. The van der Waals surface area contributed by atoms with Gasteiger partial charge in [0.1, 0.15) is 5.58 Å². The lowest BCUT2D eigenvalue weighted by molar-refractivity contribution is 0.102. The lowest BCUT2D eigenvalue weighted by Gasteiger charge is -1.93. The number of benzene rings is 2. The number of ketones is 1. The molecule has 1 aromatic heterocycles. The lowest BCUT2D eigenvalue weighted by atomic mass is 10.2. The average molecular weight is 327 g/mol. The molecule has 0 aliphatic rings. The normalized spacial score (nSPS) is 11.2. The van der Waals surface area contributed by atoms with Crippen molar-refractivity contribution in [3.63, 3.8) is 0 Å². The van der Waals surface area contributed by atoms with E-state index < -0.39 is 0 Å². The van der Waals surface area contributed by atoms with Crippen LogP contribution >= 0.6 is 15.9 Å². The van der Waals surface area contributed by atoms with Crippen molar-refractivity contribution < 1.29 is 9.21 Å². The Morgan fingerprint density at radius 2 is 1.80 bits per heavy atom. The minimum atomic E-state index is -0.135. The van der Waals surface area contributed by atoms with Crippen molar-refractivity contribution in [3.8, 4) is 0 Å². The average Bonchev–Trinajstić information content (AvgIpc) is 2.90. The fraction of sp³-hybridized carbons (Fsp3) is 0. The Morgan fingerprint density at radius 1 is 1.05 bits per heavy atom. The summed E-state index contributed by atoms with van der Waals surface area (Å²) in [6, 6.07) is 17.1. The second-order valence-corrected chi connectivity index (χ2v) is 5.31. The fourth-order valence-corrected chi connectivity index (χ4v) is 2.20. The monoisotopic (exact) mass is 326 g/mol. The molecule has 0 amide bonds. The van der Waals surface area contributed by atoms with Crippen LogP contribution < -0.4 is 0 Å². The number of hydrogen-bond donors (Lipinski definition) is 0. The van der Waals surface area contributed by atoms with Gasteiger partial charge >= 0.3 is 0 Å². The standard InChI is InChI=1S/C17H11BrO2/c18-14-8-5-12(6-9-14)7-10-15(19)17-11-13-3-1-2-4-16(13)20-17/h1-11H. The van der Waals surface area contributed by atoms with Crippen LogP contribution in [0.4, 0.5) is 0 Å². The SMILES string of the molecule is O=C(C=Cc1ccc(Br)cc1)c1cc2ccccc2o1. The number of furan rings is 1. The molecular formula is C17H11BrO2. The molecular weight excluding hydrogens is 316 g/mol. The van der Waals surface area contributed by atoms with E-state index in [4.69, 9.17) is 4.42 Å². The Balaban J connectivity index is 1.83. The molecule has 0 bridgehead atoms. The lowest BCUT2D eigenvalue weighted by Crippen LogP contribution is -1.90. The third-order valence-corrected chi connectivity index (χ3v) is 3.49. The fourth-order valence-electron chi connectivity index (χ4n) is 1.93. The third-order valence-electron chi connectivity index (χ3n) is 2.97. The molecule has 0 saturated heterocycles. The van der Waals surface area contributed by atoms with Crippen LogP contribution in [0.15, 0.2) is 69.6 Å². The summed E-state index contributed by atoms with van der Waals surface area (Å²) in [6.45, 7) is 0. The van der Waals surface area contributed by atoms with E-state index in [2.05, 4.69) is 15.9 Å². The summed E-state index contributed by atoms with van der Waals surface area (Å²) in [5.74, 6) is 0.226. The van der Waals surface area contributed by atoms with E-state index in [1.807, 2.05) is 48.5 Å². The zero-order valence-corrected chi connectivity index (χ0v) is 12.1. The van der Waals surface area contributed by atoms with E-state index in [0.717, 1.165) is 21.0 Å². The molecule has 20 heavy (non-hydrogen) atoms. The molecule has 3 rings (SSSR count). The predicted octanol–water partition coefficient (Wildman–Crippen LogP) is 5.09. The molecule has 3 heteroatoms. The smallest absolute Gasteiger partial charge is 0.221 e. The maximum Gasteiger partial charge on any atom is 0.221 e. The van der Waals surface area contributed by atoms with Gasteiger partial charge in [-0.1, -0.05) is 52.3 Å². The third kappa shape index (κ3) is 2.73. The number of carbonyl (C=O) groups is 1. The van der Waals surface area contributed by atoms with E-state index in [1.54, 1.807) is 12.1 Å². The summed E-state index contributed by atoms with van der Waals surface area (Å²) < 4.78 is 6.54. The van der Waals surface area contributed by atoms with Crippen molar-refractivity contribution in [3.05, 3.63) is 76.5 Å². The molecule has 0 fully saturated rings. The molecule has 0 N–H and O–H groups in total. The highest BCUT2D eigenvalue weighted by Crippen LogP contribution is 2.19. The van der Waals surface area contributed by atoms with Gasteiger partial charge in [-0.25, -0.2) is 0 Å². The Hall–Kier alpha value is -2.13. The minimum Gasteiger partial charge on any atom is -0.453 e. The molecule has 0 aliphatic heterocycles. The Kier molecular flexibility index (Phi) is 3.52. The Bertz CT molecular complexity index is 749. The largest absolute Gasteiger partial charge is 0.453 e. The number of fused-ring (bicyclic) bond motifs is 1. The second-order valence-electron chi connectivity index (χ2n) is 4.40. The van der Waals surface area contributed by atoms with E-state index in [9.17, 15) is 4.79 Å². The molecule has 2 nitrogen and oxygen atoms in total. The summed E-state index contributed by atoms with van der Waals surface area (Å²) >= 11 is 3.38. The topological polar surface area (TPSA) is 30.2 Å². The summed E-state index contributed by atoms with van der Waals surface area (Å²) in [4.78, 5) is 12.1. The number of halogens is 1. The van der Waals surface area contributed by atoms with Crippen molar-refractivity contribution in [1.29, 1.82) is 0 Å². The summed E-state index contributed by atoms with van der Waals surface area (Å²) in [5, 5.41) is 0.938. The number of allylic oxidation sites excluding steroid dienone is 1. The number of rotatable bonds is 3. The zero-order valence-electron chi connectivity index (χ0n) is 10.5. The van der Waals surface area contributed by atoms with Gasteiger partial charge in [-0.05, 0) is 35.9 Å². The molecule has 0 aliphatic carbocycles. The van der Waals surface area contributed by atoms with Gasteiger partial charge in [0.15, 0.2) is 5.76 Å². The summed E-state index contributed by atoms with van der Waals surface area (Å²) in [7, 11) is 0. The van der Waals surface area contributed by atoms with E-state index >= 15 is 0 Å². The first-order valence-corrected chi connectivity index (χ1v) is 6.98. The molecule has 0 unspecified atom stereocenters. The van der Waals surface area contributed by atoms with Crippen LogP contribution in [0.1, 0.15) is 16.1 Å². The van der Waals surface area contributed by atoms with Gasteiger partial charge in [-0.15, -0.1) is 0 Å². The van der Waals surface area contributed by atoms with Crippen molar-refractivity contribution in [2.75, 3.05) is 0 Å². The van der Waals surface area contributed by atoms with Gasteiger partial charge in [0.25, 0.3) is 0 Å². The van der Waals surface area contributed by atoms with E-state index in [1.165, 1.54) is 6.08 Å². The molecule has 0 radical (unpaired) electrons.